The van der Waals surface area contributed by atoms with Crippen molar-refractivity contribution in [2.24, 2.45) is 23.7 Å². The van der Waals surface area contributed by atoms with Crippen molar-refractivity contribution in [1.29, 1.82) is 0 Å². The van der Waals surface area contributed by atoms with Crippen LogP contribution in [0.5, 0.6) is 0 Å². The predicted octanol–water partition coefficient (Wildman–Crippen LogP) is 4.05. The largest absolute Gasteiger partial charge is 0.356 e. The van der Waals surface area contributed by atoms with Crippen LogP contribution in [0.25, 0.3) is 0 Å². The number of carbonyl (C=O) groups is 1. The lowest BCUT2D eigenvalue weighted by atomic mass is 9.70. The molecule has 1 aliphatic rings. The molecule has 1 aromatic carbocycles. The molecular weight excluding hydrogens is 258 g/mol. The summed E-state index contributed by atoms with van der Waals surface area (Å²) >= 11 is 0. The highest BCUT2D eigenvalue weighted by Crippen LogP contribution is 2.38. The van der Waals surface area contributed by atoms with E-state index in [9.17, 15) is 4.79 Å². The van der Waals surface area contributed by atoms with Crippen molar-refractivity contribution in [2.45, 2.75) is 46.5 Å². The topological polar surface area (TPSA) is 29.1 Å². The number of hydrogen-bond acceptors (Lipinski definition) is 1. The number of hydrogen-bond donors (Lipinski definition) is 1. The SMILES string of the molecule is CC1CC[C@@H](C(C)C)[C@H](C(=O)NCCc2ccccc2)C1. The van der Waals surface area contributed by atoms with Gasteiger partial charge in [0.2, 0.25) is 5.91 Å². The van der Waals surface area contributed by atoms with Crippen LogP contribution in [0.4, 0.5) is 0 Å². The minimum absolute atomic E-state index is 0.213. The van der Waals surface area contributed by atoms with Crippen LogP contribution in [0.3, 0.4) is 0 Å². The van der Waals surface area contributed by atoms with Crippen LogP contribution in [0.2, 0.25) is 0 Å². The van der Waals surface area contributed by atoms with E-state index < -0.39 is 0 Å². The number of amides is 1. The molecule has 21 heavy (non-hydrogen) atoms. The van der Waals surface area contributed by atoms with Gasteiger partial charge < -0.3 is 5.32 Å². The van der Waals surface area contributed by atoms with Gasteiger partial charge >= 0.3 is 0 Å². The minimum Gasteiger partial charge on any atom is -0.356 e. The molecule has 2 heteroatoms. The second kappa shape index (κ2) is 7.63. The van der Waals surface area contributed by atoms with E-state index in [4.69, 9.17) is 0 Å². The Bertz CT molecular complexity index is 440. The van der Waals surface area contributed by atoms with Crippen LogP contribution in [0.1, 0.15) is 45.6 Å². The van der Waals surface area contributed by atoms with Crippen molar-refractivity contribution in [3.63, 3.8) is 0 Å². The van der Waals surface area contributed by atoms with Crippen molar-refractivity contribution in [1.82, 2.24) is 5.32 Å². The van der Waals surface area contributed by atoms with Crippen molar-refractivity contribution < 1.29 is 4.79 Å². The van der Waals surface area contributed by atoms with Crippen molar-refractivity contribution in [3.05, 3.63) is 35.9 Å². The molecule has 1 unspecified atom stereocenters. The lowest BCUT2D eigenvalue weighted by molar-refractivity contribution is -0.129. The van der Waals surface area contributed by atoms with Crippen LogP contribution >= 0.6 is 0 Å². The predicted molar refractivity (Wildman–Crippen MR) is 88.0 cm³/mol. The molecule has 0 bridgehead atoms. The Hall–Kier alpha value is -1.31. The third kappa shape index (κ3) is 4.59. The fraction of sp³-hybridized carbons (Fsp3) is 0.632. The molecule has 1 aliphatic carbocycles. The van der Waals surface area contributed by atoms with E-state index in [2.05, 4.69) is 50.4 Å². The fourth-order valence-corrected chi connectivity index (χ4v) is 3.61. The highest BCUT2D eigenvalue weighted by Gasteiger charge is 2.35. The van der Waals surface area contributed by atoms with Gasteiger partial charge in [0.1, 0.15) is 0 Å². The monoisotopic (exact) mass is 287 g/mol. The average Bonchev–Trinajstić information content (AvgIpc) is 2.47. The summed E-state index contributed by atoms with van der Waals surface area (Å²) in [4.78, 5) is 12.5. The Morgan fingerprint density at radius 3 is 2.62 bits per heavy atom. The van der Waals surface area contributed by atoms with E-state index in [1.807, 2.05) is 6.07 Å². The Kier molecular flexibility index (Phi) is 5.84. The summed E-state index contributed by atoms with van der Waals surface area (Å²) in [7, 11) is 0. The molecule has 0 aromatic heterocycles. The Morgan fingerprint density at radius 1 is 1.24 bits per heavy atom. The zero-order chi connectivity index (χ0) is 15.2. The number of benzene rings is 1. The molecule has 116 valence electrons. The maximum atomic E-state index is 12.5. The van der Waals surface area contributed by atoms with Gasteiger partial charge in [0.05, 0.1) is 0 Å². The zero-order valence-corrected chi connectivity index (χ0v) is 13.6. The molecule has 2 nitrogen and oxygen atoms in total. The third-order valence-corrected chi connectivity index (χ3v) is 4.91. The third-order valence-electron chi connectivity index (χ3n) is 4.91. The quantitative estimate of drug-likeness (QED) is 0.869. The van der Waals surface area contributed by atoms with Crippen molar-refractivity contribution in [3.8, 4) is 0 Å². The Labute approximate surface area is 129 Å². The molecule has 2 rings (SSSR count). The molecule has 1 aromatic rings. The summed E-state index contributed by atoms with van der Waals surface area (Å²) in [5.41, 5.74) is 1.29. The van der Waals surface area contributed by atoms with Gasteiger partial charge in [-0.3, -0.25) is 4.79 Å². The van der Waals surface area contributed by atoms with Gasteiger partial charge in [-0.25, -0.2) is 0 Å². The summed E-state index contributed by atoms with van der Waals surface area (Å²) in [6, 6.07) is 10.4. The summed E-state index contributed by atoms with van der Waals surface area (Å²) < 4.78 is 0. The van der Waals surface area contributed by atoms with Crippen LogP contribution < -0.4 is 5.32 Å². The van der Waals surface area contributed by atoms with Gasteiger partial charge in [0.25, 0.3) is 0 Å². The van der Waals surface area contributed by atoms with Crippen LogP contribution in [-0.4, -0.2) is 12.5 Å². The first-order chi connectivity index (χ1) is 10.1. The number of rotatable bonds is 5. The minimum atomic E-state index is 0.213. The second-order valence-corrected chi connectivity index (χ2v) is 6.96. The molecule has 0 saturated heterocycles. The average molecular weight is 287 g/mol. The van der Waals surface area contributed by atoms with Gasteiger partial charge in [0, 0.05) is 12.5 Å². The van der Waals surface area contributed by atoms with Gasteiger partial charge in [-0.1, -0.05) is 57.5 Å². The lowest BCUT2D eigenvalue weighted by Gasteiger charge is -2.36. The lowest BCUT2D eigenvalue weighted by Crippen LogP contribution is -2.40. The van der Waals surface area contributed by atoms with Gasteiger partial charge in [-0.05, 0) is 42.6 Å². The summed E-state index contributed by atoms with van der Waals surface area (Å²) in [6.45, 7) is 7.54. The first-order valence-corrected chi connectivity index (χ1v) is 8.39. The highest BCUT2D eigenvalue weighted by molar-refractivity contribution is 5.79. The molecule has 1 amide bonds. The standard InChI is InChI=1S/C19H29NO/c1-14(2)17-10-9-15(3)13-18(17)19(21)20-12-11-16-7-5-4-6-8-16/h4-8,14-15,17-18H,9-13H2,1-3H3,(H,20,21)/t15?,17-,18+/m0/s1. The summed E-state index contributed by atoms with van der Waals surface area (Å²) in [5.74, 6) is 2.32. The summed E-state index contributed by atoms with van der Waals surface area (Å²) in [5, 5.41) is 3.17. The van der Waals surface area contributed by atoms with Gasteiger partial charge in [-0.15, -0.1) is 0 Å². The highest BCUT2D eigenvalue weighted by atomic mass is 16.1. The number of nitrogens with one attached hydrogen (secondary N) is 1. The van der Waals surface area contributed by atoms with E-state index >= 15 is 0 Å². The van der Waals surface area contributed by atoms with Crippen LogP contribution in [0, 0.1) is 23.7 Å². The molecule has 0 spiro atoms. The summed E-state index contributed by atoms with van der Waals surface area (Å²) in [6.07, 6.45) is 4.45. The van der Waals surface area contributed by atoms with Crippen molar-refractivity contribution in [2.75, 3.05) is 6.54 Å². The number of carbonyl (C=O) groups excluding carboxylic acids is 1. The van der Waals surface area contributed by atoms with Crippen LogP contribution in [0.15, 0.2) is 30.3 Å². The molecule has 1 fully saturated rings. The van der Waals surface area contributed by atoms with E-state index in [1.54, 1.807) is 0 Å². The normalized spacial score (nSPS) is 25.8. The van der Waals surface area contributed by atoms with E-state index in [0.29, 0.717) is 17.8 Å². The van der Waals surface area contributed by atoms with Gasteiger partial charge in [-0.2, -0.15) is 0 Å². The smallest absolute Gasteiger partial charge is 0.223 e. The fourth-order valence-electron chi connectivity index (χ4n) is 3.61. The molecule has 0 radical (unpaired) electrons. The molecule has 0 aliphatic heterocycles. The van der Waals surface area contributed by atoms with E-state index in [0.717, 1.165) is 19.4 Å². The second-order valence-electron chi connectivity index (χ2n) is 6.96. The first kappa shape index (κ1) is 16.1. The molecule has 1 saturated carbocycles. The molecule has 1 N–H and O–H groups in total. The zero-order valence-electron chi connectivity index (χ0n) is 13.6. The first-order valence-electron chi connectivity index (χ1n) is 8.39. The Morgan fingerprint density at radius 2 is 1.95 bits per heavy atom. The van der Waals surface area contributed by atoms with Crippen molar-refractivity contribution >= 4 is 5.91 Å². The van der Waals surface area contributed by atoms with E-state index in [1.165, 1.54) is 18.4 Å². The maximum Gasteiger partial charge on any atom is 0.223 e. The van der Waals surface area contributed by atoms with Crippen LogP contribution in [-0.2, 0) is 11.2 Å². The maximum absolute atomic E-state index is 12.5. The molecular formula is C19H29NO. The molecule has 0 heterocycles. The molecule has 3 atom stereocenters. The van der Waals surface area contributed by atoms with Gasteiger partial charge in [0.15, 0.2) is 0 Å². The van der Waals surface area contributed by atoms with E-state index in [-0.39, 0.29) is 11.8 Å². The Balaban J connectivity index is 1.85.